The third-order valence-corrected chi connectivity index (χ3v) is 7.60. The molecule has 28 heavy (non-hydrogen) atoms. The molecule has 0 unspecified atom stereocenters. The summed E-state index contributed by atoms with van der Waals surface area (Å²) < 4.78 is 5.72. The fraction of sp³-hybridized carbons (Fsp3) is 0.320. The van der Waals surface area contributed by atoms with Gasteiger partial charge >= 0.3 is 5.97 Å². The smallest absolute Gasteiger partial charge is 0.334 e. The third-order valence-electron chi connectivity index (χ3n) is 5.13. The summed E-state index contributed by atoms with van der Waals surface area (Å²) in [4.78, 5) is 12.7. The Kier molecular flexibility index (Phi) is 6.52. The topological polar surface area (TPSA) is 26.3 Å². The third kappa shape index (κ3) is 5.00. The number of carbonyl (C=O) groups is 1. The first-order chi connectivity index (χ1) is 13.4. The van der Waals surface area contributed by atoms with E-state index >= 15 is 0 Å². The van der Waals surface area contributed by atoms with Crippen LogP contribution in [0.5, 0.6) is 0 Å². The number of allylic oxidation sites excluding steroid dienone is 3. The summed E-state index contributed by atoms with van der Waals surface area (Å²) in [5.74, 6) is -0.163. The number of hydrogen-bond donors (Lipinski definition) is 0. The minimum Gasteiger partial charge on any atom is -0.462 e. The van der Waals surface area contributed by atoms with Crippen molar-refractivity contribution < 1.29 is 9.53 Å². The molecule has 0 radical (unpaired) electrons. The molecule has 0 saturated carbocycles. The van der Waals surface area contributed by atoms with E-state index in [2.05, 4.69) is 75.4 Å². The molecule has 3 rings (SSSR count). The van der Waals surface area contributed by atoms with Crippen LogP contribution in [-0.2, 0) is 9.53 Å². The Labute approximate surface area is 170 Å². The zero-order valence-electron chi connectivity index (χ0n) is 17.2. The molecule has 0 aromatic heterocycles. The molecule has 0 atom stereocenters. The Morgan fingerprint density at radius 2 is 1.50 bits per heavy atom. The van der Waals surface area contributed by atoms with E-state index in [-0.39, 0.29) is 11.4 Å². The molecule has 2 nitrogen and oxygen atoms in total. The Morgan fingerprint density at radius 1 is 0.964 bits per heavy atom. The highest BCUT2D eigenvalue weighted by Gasteiger charge is 2.27. The number of carbonyl (C=O) groups excluding carboxylic acids is 1. The maximum Gasteiger partial charge on any atom is 0.334 e. The van der Waals surface area contributed by atoms with Crippen LogP contribution in [-0.4, -0.2) is 18.7 Å². The van der Waals surface area contributed by atoms with Crippen molar-refractivity contribution >= 4 is 24.5 Å². The minimum atomic E-state index is -0.538. The van der Waals surface area contributed by atoms with E-state index in [0.717, 1.165) is 17.3 Å². The first-order valence-electron chi connectivity index (χ1n) is 9.82. The Hall–Kier alpha value is -2.18. The van der Waals surface area contributed by atoms with Gasteiger partial charge in [0.25, 0.3) is 0 Å². The molecule has 0 saturated heterocycles. The van der Waals surface area contributed by atoms with E-state index in [4.69, 9.17) is 4.74 Å². The minimum absolute atomic E-state index is 0.0816. The number of rotatable bonds is 6. The Balaban J connectivity index is 1.64. The highest BCUT2D eigenvalue weighted by atomic mass is 31.1. The average Bonchev–Trinajstić information content (AvgIpc) is 3.09. The maximum absolute atomic E-state index is 12.7. The highest BCUT2D eigenvalue weighted by molar-refractivity contribution is 7.73. The quantitative estimate of drug-likeness (QED) is 0.489. The SMILES string of the molecule is CC1=C(C(=O)OCCP(c2ccccc2)c2ccccc2)CC(C(C)(C)C)=C1. The van der Waals surface area contributed by atoms with E-state index in [1.165, 1.54) is 16.2 Å². The van der Waals surface area contributed by atoms with E-state index in [1.807, 2.05) is 19.1 Å². The van der Waals surface area contributed by atoms with Crippen LogP contribution in [0, 0.1) is 5.41 Å². The number of esters is 1. The van der Waals surface area contributed by atoms with Crippen molar-refractivity contribution in [3.05, 3.63) is 83.5 Å². The monoisotopic (exact) mass is 392 g/mol. The molecule has 0 heterocycles. The van der Waals surface area contributed by atoms with Gasteiger partial charge in [-0.15, -0.1) is 0 Å². The van der Waals surface area contributed by atoms with Gasteiger partial charge in [0, 0.05) is 18.2 Å². The van der Waals surface area contributed by atoms with Gasteiger partial charge in [0.05, 0.1) is 6.61 Å². The molecule has 0 amide bonds. The fourth-order valence-electron chi connectivity index (χ4n) is 3.38. The lowest BCUT2D eigenvalue weighted by Gasteiger charge is -2.21. The van der Waals surface area contributed by atoms with Crippen LogP contribution in [0.2, 0.25) is 0 Å². The standard InChI is InChI=1S/C25H29O2P/c1-19-17-20(25(2,3)4)18-23(19)24(26)27-15-16-28(21-11-7-5-8-12-21)22-13-9-6-10-14-22/h5-14,17H,15-16,18H2,1-4H3. The number of hydrogen-bond acceptors (Lipinski definition) is 2. The van der Waals surface area contributed by atoms with Crippen molar-refractivity contribution in [3.8, 4) is 0 Å². The summed E-state index contributed by atoms with van der Waals surface area (Å²) in [7, 11) is -0.538. The van der Waals surface area contributed by atoms with Gasteiger partial charge in [0.15, 0.2) is 0 Å². The van der Waals surface area contributed by atoms with Crippen LogP contribution in [0.25, 0.3) is 0 Å². The molecule has 146 valence electrons. The average molecular weight is 392 g/mol. The van der Waals surface area contributed by atoms with E-state index in [0.29, 0.717) is 13.0 Å². The van der Waals surface area contributed by atoms with Crippen molar-refractivity contribution in [2.24, 2.45) is 5.41 Å². The second-order valence-corrected chi connectivity index (χ2v) is 10.6. The summed E-state index contributed by atoms with van der Waals surface area (Å²) in [6.07, 6.45) is 3.69. The van der Waals surface area contributed by atoms with Crippen LogP contribution in [0.15, 0.2) is 83.5 Å². The van der Waals surface area contributed by atoms with Gasteiger partial charge in [-0.3, -0.25) is 0 Å². The number of benzene rings is 2. The van der Waals surface area contributed by atoms with E-state index < -0.39 is 7.92 Å². The first kappa shape index (κ1) is 20.6. The van der Waals surface area contributed by atoms with E-state index in [1.54, 1.807) is 0 Å². The highest BCUT2D eigenvalue weighted by Crippen LogP contribution is 2.38. The number of ether oxygens (including phenoxy) is 1. The summed E-state index contributed by atoms with van der Waals surface area (Å²) in [5, 5.41) is 2.63. The molecule has 1 aliphatic rings. The van der Waals surface area contributed by atoms with Gasteiger partial charge in [-0.1, -0.05) is 93.1 Å². The van der Waals surface area contributed by atoms with Crippen molar-refractivity contribution in [2.75, 3.05) is 12.8 Å². The van der Waals surface area contributed by atoms with Crippen LogP contribution in [0.3, 0.4) is 0 Å². The predicted molar refractivity (Wildman–Crippen MR) is 120 cm³/mol. The summed E-state index contributed by atoms with van der Waals surface area (Å²) in [5.41, 5.74) is 3.24. The van der Waals surface area contributed by atoms with Crippen molar-refractivity contribution in [3.63, 3.8) is 0 Å². The lowest BCUT2D eigenvalue weighted by atomic mass is 9.85. The second kappa shape index (κ2) is 8.88. The maximum atomic E-state index is 12.7. The van der Waals surface area contributed by atoms with Crippen molar-refractivity contribution in [2.45, 2.75) is 34.1 Å². The second-order valence-electron chi connectivity index (χ2n) is 8.22. The van der Waals surface area contributed by atoms with E-state index in [9.17, 15) is 4.79 Å². The van der Waals surface area contributed by atoms with Gasteiger partial charge in [0.2, 0.25) is 0 Å². The predicted octanol–water partition coefficient (Wildman–Crippen LogP) is 5.36. The van der Waals surface area contributed by atoms with Gasteiger partial charge in [-0.05, 0) is 36.4 Å². The van der Waals surface area contributed by atoms with Crippen LogP contribution < -0.4 is 10.6 Å². The lowest BCUT2D eigenvalue weighted by Crippen LogP contribution is -2.18. The fourth-order valence-corrected chi connectivity index (χ4v) is 5.54. The van der Waals surface area contributed by atoms with Gasteiger partial charge in [-0.2, -0.15) is 0 Å². The first-order valence-corrected chi connectivity index (χ1v) is 11.3. The van der Waals surface area contributed by atoms with Gasteiger partial charge in [-0.25, -0.2) is 4.79 Å². The molecule has 2 aromatic carbocycles. The zero-order valence-corrected chi connectivity index (χ0v) is 18.1. The molecule has 0 spiro atoms. The molecule has 0 fully saturated rings. The van der Waals surface area contributed by atoms with Crippen LogP contribution >= 0.6 is 7.92 Å². The van der Waals surface area contributed by atoms with Crippen molar-refractivity contribution in [1.29, 1.82) is 0 Å². The zero-order chi connectivity index (χ0) is 20.1. The lowest BCUT2D eigenvalue weighted by molar-refractivity contribution is -0.138. The molecule has 2 aromatic rings. The Bertz CT molecular complexity index is 834. The Morgan fingerprint density at radius 3 is 1.96 bits per heavy atom. The molecule has 1 aliphatic carbocycles. The summed E-state index contributed by atoms with van der Waals surface area (Å²) in [6.45, 7) is 9.01. The summed E-state index contributed by atoms with van der Waals surface area (Å²) in [6, 6.07) is 21.1. The normalized spacial score (nSPS) is 14.4. The van der Waals surface area contributed by atoms with Gasteiger partial charge in [0.1, 0.15) is 0 Å². The molecule has 0 N–H and O–H groups in total. The molecule has 3 heteroatoms. The molecular weight excluding hydrogens is 363 g/mol. The van der Waals surface area contributed by atoms with Crippen molar-refractivity contribution in [1.82, 2.24) is 0 Å². The summed E-state index contributed by atoms with van der Waals surface area (Å²) >= 11 is 0. The van der Waals surface area contributed by atoms with Crippen LogP contribution in [0.1, 0.15) is 34.1 Å². The van der Waals surface area contributed by atoms with Gasteiger partial charge < -0.3 is 4.74 Å². The molecular formula is C25H29O2P. The largest absolute Gasteiger partial charge is 0.462 e. The molecule has 0 aliphatic heterocycles. The van der Waals surface area contributed by atoms with Crippen LogP contribution in [0.4, 0.5) is 0 Å². The molecule has 0 bridgehead atoms.